The molecule has 1 N–H and O–H groups in total. The van der Waals surface area contributed by atoms with Gasteiger partial charge in [0.1, 0.15) is 5.56 Å². The van der Waals surface area contributed by atoms with Crippen LogP contribution < -0.4 is 5.32 Å². The standard InChI is InChI=1S/C23H20ClN3O5S/c1-15-2-7-20(8-3-15)33(31,32)26-11-10-16-4-6-19(12-17(16)14-26)25-23(28)21-13-18(24)5-9-22(21)27(29)30/h2-9,12-13H,10-11,14H2,1H3,(H,25,28). The summed E-state index contributed by atoms with van der Waals surface area (Å²) in [6, 6.07) is 15.7. The molecule has 1 aliphatic heterocycles. The molecule has 10 heteroatoms. The van der Waals surface area contributed by atoms with Crippen molar-refractivity contribution in [3.05, 3.63) is 98.1 Å². The average Bonchev–Trinajstić information content (AvgIpc) is 2.78. The van der Waals surface area contributed by atoms with Crippen molar-refractivity contribution in [3.63, 3.8) is 0 Å². The van der Waals surface area contributed by atoms with Crippen molar-refractivity contribution in [1.29, 1.82) is 0 Å². The van der Waals surface area contributed by atoms with Crippen LogP contribution in [0.4, 0.5) is 11.4 Å². The van der Waals surface area contributed by atoms with E-state index in [4.69, 9.17) is 11.6 Å². The maximum atomic E-state index is 13.1. The Balaban J connectivity index is 1.57. The molecule has 0 aromatic heterocycles. The maximum Gasteiger partial charge on any atom is 0.282 e. The topological polar surface area (TPSA) is 110 Å². The quantitative estimate of drug-likeness (QED) is 0.421. The van der Waals surface area contributed by atoms with E-state index in [0.29, 0.717) is 18.7 Å². The minimum absolute atomic E-state index is 0.159. The van der Waals surface area contributed by atoms with Crippen molar-refractivity contribution in [2.75, 3.05) is 11.9 Å². The van der Waals surface area contributed by atoms with Crippen LogP contribution in [-0.4, -0.2) is 30.1 Å². The molecule has 8 nitrogen and oxygen atoms in total. The number of nitro benzene ring substituents is 1. The SMILES string of the molecule is Cc1ccc(S(=O)(=O)N2CCc3ccc(NC(=O)c4cc(Cl)ccc4[N+](=O)[O-])cc3C2)cc1. The van der Waals surface area contributed by atoms with Crippen LogP contribution in [0.5, 0.6) is 0 Å². The van der Waals surface area contributed by atoms with E-state index in [-0.39, 0.29) is 27.7 Å². The Morgan fingerprint density at radius 3 is 2.48 bits per heavy atom. The minimum Gasteiger partial charge on any atom is -0.322 e. The van der Waals surface area contributed by atoms with Crippen LogP contribution in [0.3, 0.4) is 0 Å². The highest BCUT2D eigenvalue weighted by Gasteiger charge is 2.28. The number of sulfonamides is 1. The normalized spacial score (nSPS) is 13.9. The third kappa shape index (κ3) is 4.75. The molecule has 0 spiro atoms. The van der Waals surface area contributed by atoms with Crippen molar-refractivity contribution in [2.45, 2.75) is 24.8 Å². The van der Waals surface area contributed by atoms with Gasteiger partial charge in [-0.3, -0.25) is 14.9 Å². The van der Waals surface area contributed by atoms with E-state index in [0.717, 1.165) is 16.7 Å². The molecule has 0 bridgehead atoms. The van der Waals surface area contributed by atoms with Gasteiger partial charge < -0.3 is 5.32 Å². The highest BCUT2D eigenvalue weighted by Crippen LogP contribution is 2.28. The Bertz CT molecular complexity index is 1360. The van der Waals surface area contributed by atoms with Gasteiger partial charge in [0.2, 0.25) is 10.0 Å². The Kier molecular flexibility index (Phi) is 6.20. The molecule has 0 atom stereocenters. The number of hydrogen-bond acceptors (Lipinski definition) is 5. The zero-order valence-corrected chi connectivity index (χ0v) is 19.2. The van der Waals surface area contributed by atoms with E-state index < -0.39 is 20.9 Å². The maximum absolute atomic E-state index is 13.1. The van der Waals surface area contributed by atoms with E-state index in [2.05, 4.69) is 5.32 Å². The third-order valence-electron chi connectivity index (χ3n) is 5.50. The number of carbonyl (C=O) groups is 1. The summed E-state index contributed by atoms with van der Waals surface area (Å²) in [6.45, 7) is 2.40. The molecule has 0 radical (unpaired) electrons. The predicted octanol–water partition coefficient (Wildman–Crippen LogP) is 4.56. The Morgan fingerprint density at radius 1 is 1.06 bits per heavy atom. The van der Waals surface area contributed by atoms with E-state index in [1.807, 2.05) is 13.0 Å². The number of benzene rings is 3. The molecule has 0 saturated carbocycles. The molecular weight excluding hydrogens is 466 g/mol. The van der Waals surface area contributed by atoms with Crippen molar-refractivity contribution < 1.29 is 18.1 Å². The zero-order valence-electron chi connectivity index (χ0n) is 17.6. The number of nitrogens with one attached hydrogen (secondary N) is 1. The van der Waals surface area contributed by atoms with Gasteiger partial charge in [-0.1, -0.05) is 35.4 Å². The van der Waals surface area contributed by atoms with Gasteiger partial charge in [0.05, 0.1) is 9.82 Å². The van der Waals surface area contributed by atoms with Crippen LogP contribution in [0.2, 0.25) is 5.02 Å². The van der Waals surface area contributed by atoms with Crippen LogP contribution >= 0.6 is 11.6 Å². The molecule has 3 aromatic carbocycles. The van der Waals surface area contributed by atoms with Crippen molar-refractivity contribution in [2.24, 2.45) is 0 Å². The number of nitrogens with zero attached hydrogens (tertiary/aromatic N) is 2. The molecule has 4 rings (SSSR count). The Hall–Kier alpha value is -3.27. The molecule has 1 amide bonds. The molecule has 1 heterocycles. The van der Waals surface area contributed by atoms with E-state index in [9.17, 15) is 23.3 Å². The van der Waals surface area contributed by atoms with Crippen LogP contribution in [0.15, 0.2) is 65.6 Å². The number of aryl methyl sites for hydroxylation is 1. The number of fused-ring (bicyclic) bond motifs is 1. The van der Waals surface area contributed by atoms with E-state index in [1.54, 1.807) is 36.4 Å². The lowest BCUT2D eigenvalue weighted by atomic mass is 10.0. The van der Waals surface area contributed by atoms with Gasteiger partial charge in [-0.05, 0) is 60.9 Å². The number of amides is 1. The smallest absolute Gasteiger partial charge is 0.282 e. The number of anilines is 1. The van der Waals surface area contributed by atoms with Gasteiger partial charge in [0, 0.05) is 29.9 Å². The molecule has 0 fully saturated rings. The lowest BCUT2D eigenvalue weighted by Gasteiger charge is -2.28. The Labute approximate surface area is 196 Å². The van der Waals surface area contributed by atoms with E-state index >= 15 is 0 Å². The summed E-state index contributed by atoms with van der Waals surface area (Å²) in [5.74, 6) is -0.677. The van der Waals surface area contributed by atoms with Gasteiger partial charge in [-0.25, -0.2) is 8.42 Å². The molecule has 170 valence electrons. The predicted molar refractivity (Wildman–Crippen MR) is 125 cm³/mol. The van der Waals surface area contributed by atoms with Crippen LogP contribution in [0.25, 0.3) is 0 Å². The molecule has 0 aliphatic carbocycles. The third-order valence-corrected chi connectivity index (χ3v) is 7.59. The minimum atomic E-state index is -3.66. The van der Waals surface area contributed by atoms with Gasteiger partial charge >= 0.3 is 0 Å². The second kappa shape index (κ2) is 8.93. The number of hydrogen-bond donors (Lipinski definition) is 1. The van der Waals surface area contributed by atoms with Gasteiger partial charge in [-0.15, -0.1) is 0 Å². The lowest BCUT2D eigenvalue weighted by Crippen LogP contribution is -2.36. The largest absolute Gasteiger partial charge is 0.322 e. The van der Waals surface area contributed by atoms with Gasteiger partial charge in [0.25, 0.3) is 11.6 Å². The van der Waals surface area contributed by atoms with Gasteiger partial charge in [-0.2, -0.15) is 4.31 Å². The summed E-state index contributed by atoms with van der Waals surface area (Å²) < 4.78 is 27.5. The fourth-order valence-electron chi connectivity index (χ4n) is 3.72. The monoisotopic (exact) mass is 485 g/mol. The fraction of sp³-hybridized carbons (Fsp3) is 0.174. The molecular formula is C23H20ClN3O5S. The number of carbonyl (C=O) groups excluding carboxylic acids is 1. The first kappa shape index (κ1) is 22.9. The molecule has 1 aliphatic rings. The average molecular weight is 486 g/mol. The van der Waals surface area contributed by atoms with Crippen molar-refractivity contribution >= 4 is 38.9 Å². The summed E-state index contributed by atoms with van der Waals surface area (Å²) in [6.07, 6.45) is 0.536. The fourth-order valence-corrected chi connectivity index (χ4v) is 5.31. The number of rotatable bonds is 5. The summed E-state index contributed by atoms with van der Waals surface area (Å²) in [5.41, 5.74) is 2.60. The van der Waals surface area contributed by atoms with Crippen molar-refractivity contribution in [1.82, 2.24) is 4.31 Å². The highest BCUT2D eigenvalue weighted by atomic mass is 35.5. The van der Waals surface area contributed by atoms with Crippen LogP contribution in [-0.2, 0) is 23.0 Å². The van der Waals surface area contributed by atoms with Crippen LogP contribution in [0.1, 0.15) is 27.0 Å². The summed E-state index contributed by atoms with van der Waals surface area (Å²) >= 11 is 5.92. The molecule has 0 saturated heterocycles. The zero-order chi connectivity index (χ0) is 23.8. The van der Waals surface area contributed by atoms with Crippen molar-refractivity contribution in [3.8, 4) is 0 Å². The number of halogens is 1. The Morgan fingerprint density at radius 2 is 1.79 bits per heavy atom. The lowest BCUT2D eigenvalue weighted by molar-refractivity contribution is -0.385. The number of nitro groups is 1. The second-order valence-corrected chi connectivity index (χ2v) is 10.1. The molecule has 3 aromatic rings. The van der Waals surface area contributed by atoms with Crippen LogP contribution in [0, 0.1) is 17.0 Å². The highest BCUT2D eigenvalue weighted by molar-refractivity contribution is 7.89. The molecule has 0 unspecified atom stereocenters. The molecule has 33 heavy (non-hydrogen) atoms. The first-order valence-electron chi connectivity index (χ1n) is 10.1. The first-order chi connectivity index (χ1) is 15.6. The van der Waals surface area contributed by atoms with Gasteiger partial charge in [0.15, 0.2) is 0 Å². The summed E-state index contributed by atoms with van der Waals surface area (Å²) in [5, 5.41) is 14.1. The summed E-state index contributed by atoms with van der Waals surface area (Å²) in [4.78, 5) is 23.6. The summed E-state index contributed by atoms with van der Waals surface area (Å²) in [7, 11) is -3.66. The van der Waals surface area contributed by atoms with E-state index in [1.165, 1.54) is 22.5 Å². The first-order valence-corrected chi connectivity index (χ1v) is 11.9. The second-order valence-electron chi connectivity index (χ2n) is 7.76.